The van der Waals surface area contributed by atoms with Gasteiger partial charge < -0.3 is 24.8 Å². The quantitative estimate of drug-likeness (QED) is 0.365. The lowest BCUT2D eigenvalue weighted by Crippen LogP contribution is -2.67. The maximum atomic E-state index is 5.87. The fourth-order valence-electron chi connectivity index (χ4n) is 4.24. The molecule has 3 atom stereocenters. The largest absolute Gasteiger partial charge is 0.493 e. The number of halogens is 1. The molecule has 0 aromatic heterocycles. The van der Waals surface area contributed by atoms with Crippen molar-refractivity contribution in [2.75, 3.05) is 27.4 Å². The Morgan fingerprint density at radius 3 is 2.78 bits per heavy atom. The molecule has 2 N–H and O–H groups in total. The van der Waals surface area contributed by atoms with Crippen molar-refractivity contribution >= 4 is 29.9 Å². The molecule has 152 valence electrons. The summed E-state index contributed by atoms with van der Waals surface area (Å²) in [6.07, 6.45) is 1.49. The Kier molecular flexibility index (Phi) is 7.62. The minimum atomic E-state index is 0. The van der Waals surface area contributed by atoms with Crippen LogP contribution < -0.4 is 20.1 Å². The number of nitrogens with zero attached hydrogens (tertiary/aromatic N) is 1. The summed E-state index contributed by atoms with van der Waals surface area (Å²) in [6.45, 7) is 8.65. The normalized spacial score (nSPS) is 25.7. The fourth-order valence-corrected chi connectivity index (χ4v) is 4.24. The van der Waals surface area contributed by atoms with Crippen LogP contribution in [0.15, 0.2) is 23.2 Å². The van der Waals surface area contributed by atoms with Crippen LogP contribution in [0, 0.1) is 11.3 Å². The van der Waals surface area contributed by atoms with Gasteiger partial charge >= 0.3 is 0 Å². The molecule has 1 heterocycles. The number of ether oxygens (including phenoxy) is 3. The molecule has 0 bridgehead atoms. The summed E-state index contributed by atoms with van der Waals surface area (Å²) in [4.78, 5) is 4.39. The zero-order valence-electron chi connectivity index (χ0n) is 16.9. The molecule has 1 aliphatic heterocycles. The van der Waals surface area contributed by atoms with Gasteiger partial charge in [0.1, 0.15) is 0 Å². The average Bonchev–Trinajstić information content (AvgIpc) is 3.09. The van der Waals surface area contributed by atoms with Gasteiger partial charge in [-0.05, 0) is 31.0 Å². The van der Waals surface area contributed by atoms with Crippen molar-refractivity contribution in [2.45, 2.75) is 45.9 Å². The number of hydrogen-bond acceptors (Lipinski definition) is 4. The van der Waals surface area contributed by atoms with Gasteiger partial charge in [-0.3, -0.25) is 4.99 Å². The first-order valence-corrected chi connectivity index (χ1v) is 9.39. The second-order valence-electron chi connectivity index (χ2n) is 7.53. The van der Waals surface area contributed by atoms with Gasteiger partial charge in [-0.25, -0.2) is 0 Å². The minimum absolute atomic E-state index is 0. The van der Waals surface area contributed by atoms with Crippen molar-refractivity contribution in [3.05, 3.63) is 23.8 Å². The van der Waals surface area contributed by atoms with Gasteiger partial charge in [0.2, 0.25) is 0 Å². The third-order valence-corrected chi connectivity index (χ3v) is 5.60. The summed E-state index contributed by atoms with van der Waals surface area (Å²) < 4.78 is 16.9. The maximum Gasteiger partial charge on any atom is 0.191 e. The molecule has 6 nitrogen and oxygen atoms in total. The minimum Gasteiger partial charge on any atom is -0.493 e. The standard InChI is InChI=1S/C20H31N3O3.HI/c1-6-25-16-11-13(7-8-15(16)24-5)12-22-19(21-4)23-17-14-9-10-26-18(14)20(17,2)3;/h7-8,11,14,17-18H,6,9-10,12H2,1-5H3,(H2,21,22,23);1H. The van der Waals surface area contributed by atoms with Crippen LogP contribution in [0.2, 0.25) is 0 Å². The molecule has 7 heteroatoms. The maximum absolute atomic E-state index is 5.87. The van der Waals surface area contributed by atoms with E-state index in [1.807, 2.05) is 32.2 Å². The van der Waals surface area contributed by atoms with Crippen molar-refractivity contribution < 1.29 is 14.2 Å². The molecule has 3 rings (SSSR count). The number of nitrogens with one attached hydrogen (secondary N) is 2. The van der Waals surface area contributed by atoms with Crippen molar-refractivity contribution in [1.29, 1.82) is 0 Å². The predicted molar refractivity (Wildman–Crippen MR) is 118 cm³/mol. The molecule has 0 radical (unpaired) electrons. The fraction of sp³-hybridized carbons (Fsp3) is 0.650. The predicted octanol–water partition coefficient (Wildman–Crippen LogP) is 3.19. The van der Waals surface area contributed by atoms with Gasteiger partial charge in [0.15, 0.2) is 17.5 Å². The summed E-state index contributed by atoms with van der Waals surface area (Å²) in [7, 11) is 3.46. The van der Waals surface area contributed by atoms with E-state index in [1.54, 1.807) is 7.11 Å². The highest BCUT2D eigenvalue weighted by atomic mass is 127. The molecule has 1 aromatic carbocycles. The number of fused-ring (bicyclic) bond motifs is 1. The molecule has 0 spiro atoms. The SMILES string of the molecule is CCOc1cc(CNC(=NC)NC2C3CCOC3C2(C)C)ccc1OC.I. The zero-order valence-corrected chi connectivity index (χ0v) is 19.2. The van der Waals surface area contributed by atoms with Crippen LogP contribution in [-0.4, -0.2) is 45.5 Å². The van der Waals surface area contributed by atoms with Gasteiger partial charge in [-0.2, -0.15) is 0 Å². The topological polar surface area (TPSA) is 64.1 Å². The summed E-state index contributed by atoms with van der Waals surface area (Å²) >= 11 is 0. The monoisotopic (exact) mass is 489 g/mol. The summed E-state index contributed by atoms with van der Waals surface area (Å²) in [6, 6.07) is 6.37. The van der Waals surface area contributed by atoms with Crippen LogP contribution in [0.4, 0.5) is 0 Å². The smallest absolute Gasteiger partial charge is 0.191 e. The Hall–Kier alpha value is -1.22. The highest BCUT2D eigenvalue weighted by molar-refractivity contribution is 14.0. The lowest BCUT2D eigenvalue weighted by Gasteiger charge is -2.54. The first-order chi connectivity index (χ1) is 12.5. The molecular formula is C20H32IN3O3. The van der Waals surface area contributed by atoms with E-state index >= 15 is 0 Å². The lowest BCUT2D eigenvalue weighted by atomic mass is 9.57. The van der Waals surface area contributed by atoms with Gasteiger partial charge in [-0.1, -0.05) is 19.9 Å². The van der Waals surface area contributed by atoms with Crippen LogP contribution in [-0.2, 0) is 11.3 Å². The van der Waals surface area contributed by atoms with Gasteiger partial charge in [0.25, 0.3) is 0 Å². The summed E-state index contributed by atoms with van der Waals surface area (Å²) in [5.74, 6) is 2.92. The van der Waals surface area contributed by atoms with E-state index in [0.29, 0.717) is 31.2 Å². The van der Waals surface area contributed by atoms with Gasteiger partial charge in [0.05, 0.1) is 19.8 Å². The van der Waals surface area contributed by atoms with E-state index in [1.165, 1.54) is 0 Å². The summed E-state index contributed by atoms with van der Waals surface area (Å²) in [5, 5.41) is 7.01. The second-order valence-corrected chi connectivity index (χ2v) is 7.53. The Labute approximate surface area is 179 Å². The number of benzene rings is 1. The molecule has 2 fully saturated rings. The molecule has 1 aromatic rings. The van der Waals surface area contributed by atoms with E-state index in [4.69, 9.17) is 14.2 Å². The third kappa shape index (κ3) is 4.45. The summed E-state index contributed by atoms with van der Waals surface area (Å²) in [5.41, 5.74) is 1.24. The Balaban J connectivity index is 0.00000261. The number of guanidine groups is 1. The first kappa shape index (κ1) is 22.1. The Morgan fingerprint density at radius 2 is 2.11 bits per heavy atom. The van der Waals surface area contributed by atoms with Gasteiger partial charge in [0, 0.05) is 37.6 Å². The van der Waals surface area contributed by atoms with Crippen molar-refractivity contribution in [1.82, 2.24) is 10.6 Å². The Bertz CT molecular complexity index is 666. The highest BCUT2D eigenvalue weighted by Gasteiger charge is 2.59. The van der Waals surface area contributed by atoms with E-state index in [-0.39, 0.29) is 29.4 Å². The van der Waals surface area contributed by atoms with Crippen LogP contribution in [0.25, 0.3) is 0 Å². The van der Waals surface area contributed by atoms with Gasteiger partial charge in [-0.15, -0.1) is 24.0 Å². The molecule has 1 saturated heterocycles. The lowest BCUT2D eigenvalue weighted by molar-refractivity contribution is -0.106. The number of aliphatic imine (C=N–C) groups is 1. The molecular weight excluding hydrogens is 457 g/mol. The van der Waals surface area contributed by atoms with Crippen LogP contribution in [0.1, 0.15) is 32.8 Å². The molecule has 27 heavy (non-hydrogen) atoms. The molecule has 1 saturated carbocycles. The van der Waals surface area contributed by atoms with E-state index in [9.17, 15) is 0 Å². The van der Waals surface area contributed by atoms with Crippen molar-refractivity contribution in [3.63, 3.8) is 0 Å². The Morgan fingerprint density at radius 1 is 1.33 bits per heavy atom. The van der Waals surface area contributed by atoms with E-state index in [2.05, 4.69) is 29.5 Å². The number of rotatable bonds is 6. The van der Waals surface area contributed by atoms with E-state index in [0.717, 1.165) is 36.0 Å². The first-order valence-electron chi connectivity index (χ1n) is 9.39. The molecule has 1 aliphatic carbocycles. The highest BCUT2D eigenvalue weighted by Crippen LogP contribution is 2.52. The number of hydrogen-bond donors (Lipinski definition) is 2. The zero-order chi connectivity index (χ0) is 18.7. The van der Waals surface area contributed by atoms with Crippen LogP contribution >= 0.6 is 24.0 Å². The van der Waals surface area contributed by atoms with Crippen LogP contribution in [0.3, 0.4) is 0 Å². The molecule has 3 unspecified atom stereocenters. The molecule has 2 aliphatic rings. The van der Waals surface area contributed by atoms with Crippen molar-refractivity contribution in [2.24, 2.45) is 16.3 Å². The number of methoxy groups -OCH3 is 1. The van der Waals surface area contributed by atoms with Crippen LogP contribution in [0.5, 0.6) is 11.5 Å². The average molecular weight is 489 g/mol. The van der Waals surface area contributed by atoms with E-state index < -0.39 is 0 Å². The van der Waals surface area contributed by atoms with Crippen molar-refractivity contribution in [3.8, 4) is 11.5 Å². The second kappa shape index (κ2) is 9.32. The third-order valence-electron chi connectivity index (χ3n) is 5.60. The molecule has 0 amide bonds.